The van der Waals surface area contributed by atoms with Crippen LogP contribution in [0.2, 0.25) is 10.0 Å². The van der Waals surface area contributed by atoms with Crippen LogP contribution >= 0.6 is 23.2 Å². The lowest BCUT2D eigenvalue weighted by molar-refractivity contribution is 0.101. The van der Waals surface area contributed by atoms with E-state index in [1.54, 1.807) is 48.2 Å². The quantitative estimate of drug-likeness (QED) is 0.555. The van der Waals surface area contributed by atoms with Crippen LogP contribution < -0.4 is 10.1 Å². The van der Waals surface area contributed by atoms with Gasteiger partial charge in [-0.2, -0.15) is 5.10 Å². The zero-order valence-corrected chi connectivity index (χ0v) is 18.3. The predicted octanol–water partition coefficient (Wildman–Crippen LogP) is 5.80. The molecule has 0 radical (unpaired) electrons. The van der Waals surface area contributed by atoms with E-state index >= 15 is 0 Å². The van der Waals surface area contributed by atoms with Crippen molar-refractivity contribution in [3.63, 3.8) is 0 Å². The van der Waals surface area contributed by atoms with Gasteiger partial charge in [-0.05, 0) is 48.0 Å². The maximum absolute atomic E-state index is 13.0. The molecule has 2 aromatic carbocycles. The molecule has 1 amide bonds. The summed E-state index contributed by atoms with van der Waals surface area (Å²) in [6.45, 7) is 6.53. The number of anilines is 1. The number of hydrogen-bond donors (Lipinski definition) is 1. The molecule has 3 rings (SSSR count). The van der Waals surface area contributed by atoms with Crippen LogP contribution in [0.4, 0.5) is 5.69 Å². The Balaban J connectivity index is 1.93. The van der Waals surface area contributed by atoms with Gasteiger partial charge in [0.1, 0.15) is 11.4 Å². The van der Waals surface area contributed by atoms with Gasteiger partial charge in [0.05, 0.1) is 19.3 Å². The van der Waals surface area contributed by atoms with E-state index in [0.717, 1.165) is 17.0 Å². The summed E-state index contributed by atoms with van der Waals surface area (Å²) < 4.78 is 6.83. The van der Waals surface area contributed by atoms with Gasteiger partial charge >= 0.3 is 0 Å². The highest BCUT2D eigenvalue weighted by molar-refractivity contribution is 6.35. The number of nitrogens with zero attached hydrogens (tertiary/aromatic N) is 2. The zero-order valence-electron chi connectivity index (χ0n) is 16.8. The maximum Gasteiger partial charge on any atom is 0.273 e. The summed E-state index contributed by atoms with van der Waals surface area (Å²) in [6.07, 6.45) is 0. The third kappa shape index (κ3) is 5.11. The van der Waals surface area contributed by atoms with Gasteiger partial charge in [-0.3, -0.25) is 9.48 Å². The first-order valence-electron chi connectivity index (χ1n) is 9.15. The van der Waals surface area contributed by atoms with Crippen molar-refractivity contribution in [2.45, 2.75) is 32.7 Å². The number of benzene rings is 2. The maximum atomic E-state index is 13.0. The summed E-state index contributed by atoms with van der Waals surface area (Å²) in [5.74, 6) is 0.476. The molecular formula is C22H23Cl2N3O2. The molecule has 29 heavy (non-hydrogen) atoms. The SMILES string of the molecule is COc1ccc(NC(=O)c2cc(C(C)(C)C)nn2Cc2ccc(Cl)cc2Cl)cc1. The van der Waals surface area contributed by atoms with Crippen molar-refractivity contribution < 1.29 is 9.53 Å². The van der Waals surface area contributed by atoms with Crippen LogP contribution in [0.3, 0.4) is 0 Å². The van der Waals surface area contributed by atoms with Gasteiger partial charge in [0, 0.05) is 21.1 Å². The molecule has 0 unspecified atom stereocenters. The Morgan fingerprint density at radius 3 is 2.38 bits per heavy atom. The van der Waals surface area contributed by atoms with Crippen LogP contribution in [-0.4, -0.2) is 22.8 Å². The minimum atomic E-state index is -0.247. The van der Waals surface area contributed by atoms with Crippen molar-refractivity contribution in [2.24, 2.45) is 0 Å². The van der Waals surface area contributed by atoms with Crippen LogP contribution in [0.25, 0.3) is 0 Å². The van der Waals surface area contributed by atoms with E-state index in [1.165, 1.54) is 0 Å². The van der Waals surface area contributed by atoms with Gasteiger partial charge in [0.2, 0.25) is 0 Å². The highest BCUT2D eigenvalue weighted by Gasteiger charge is 2.23. The van der Waals surface area contributed by atoms with Crippen molar-refractivity contribution in [3.05, 3.63) is 75.5 Å². The molecule has 5 nitrogen and oxygen atoms in total. The van der Waals surface area contributed by atoms with Crippen LogP contribution in [0.5, 0.6) is 5.75 Å². The number of nitrogens with one attached hydrogen (secondary N) is 1. The minimum absolute atomic E-state index is 0.204. The Morgan fingerprint density at radius 2 is 1.79 bits per heavy atom. The first-order valence-corrected chi connectivity index (χ1v) is 9.90. The van der Waals surface area contributed by atoms with Crippen molar-refractivity contribution in [1.29, 1.82) is 0 Å². The fraction of sp³-hybridized carbons (Fsp3) is 0.273. The molecule has 0 aliphatic rings. The van der Waals surface area contributed by atoms with E-state index in [2.05, 4.69) is 31.2 Å². The Bertz CT molecular complexity index is 1020. The summed E-state index contributed by atoms with van der Waals surface area (Å²) in [5, 5.41) is 8.69. The molecule has 3 aromatic rings. The molecule has 0 spiro atoms. The third-order valence-corrected chi connectivity index (χ3v) is 5.05. The summed E-state index contributed by atoms with van der Waals surface area (Å²) in [5.41, 5.74) is 2.58. The van der Waals surface area contributed by atoms with E-state index in [4.69, 9.17) is 27.9 Å². The highest BCUT2D eigenvalue weighted by atomic mass is 35.5. The Kier molecular flexibility index (Phi) is 6.20. The second kappa shape index (κ2) is 8.47. The molecule has 1 N–H and O–H groups in total. The topological polar surface area (TPSA) is 56.1 Å². The first-order chi connectivity index (χ1) is 13.7. The van der Waals surface area contributed by atoms with Crippen LogP contribution in [0.15, 0.2) is 48.5 Å². The third-order valence-electron chi connectivity index (χ3n) is 4.46. The molecule has 0 bridgehead atoms. The van der Waals surface area contributed by atoms with Gasteiger partial charge in [-0.1, -0.05) is 50.0 Å². The number of rotatable bonds is 5. The molecule has 0 atom stereocenters. The van der Waals surface area contributed by atoms with Crippen molar-refractivity contribution in [3.8, 4) is 5.75 Å². The highest BCUT2D eigenvalue weighted by Crippen LogP contribution is 2.26. The van der Waals surface area contributed by atoms with Crippen LogP contribution in [0.1, 0.15) is 42.5 Å². The fourth-order valence-corrected chi connectivity index (χ4v) is 3.24. The largest absolute Gasteiger partial charge is 0.497 e. The normalized spacial score (nSPS) is 11.4. The van der Waals surface area contributed by atoms with E-state index < -0.39 is 0 Å². The molecule has 0 fully saturated rings. The molecule has 7 heteroatoms. The molecule has 1 heterocycles. The van der Waals surface area contributed by atoms with E-state index in [9.17, 15) is 4.79 Å². The number of halogens is 2. The summed E-state index contributed by atoms with van der Waals surface area (Å²) in [6, 6.07) is 14.3. The van der Waals surface area contributed by atoms with Crippen LogP contribution in [0, 0.1) is 0 Å². The van der Waals surface area contributed by atoms with Crippen molar-refractivity contribution in [1.82, 2.24) is 9.78 Å². The van der Waals surface area contributed by atoms with Gasteiger partial charge in [0.25, 0.3) is 5.91 Å². The first kappa shape index (κ1) is 21.2. The number of carbonyl (C=O) groups is 1. The molecule has 1 aromatic heterocycles. The second-order valence-corrected chi connectivity index (χ2v) is 8.58. The van der Waals surface area contributed by atoms with Gasteiger partial charge < -0.3 is 10.1 Å². The molecule has 152 valence electrons. The van der Waals surface area contributed by atoms with Gasteiger partial charge in [-0.25, -0.2) is 0 Å². The second-order valence-electron chi connectivity index (χ2n) is 7.74. The summed E-state index contributed by atoms with van der Waals surface area (Å²) >= 11 is 12.3. The molecule has 0 saturated heterocycles. The Morgan fingerprint density at radius 1 is 1.10 bits per heavy atom. The lowest BCUT2D eigenvalue weighted by atomic mass is 9.92. The monoisotopic (exact) mass is 431 g/mol. The minimum Gasteiger partial charge on any atom is -0.497 e. The van der Waals surface area contributed by atoms with Crippen LogP contribution in [-0.2, 0) is 12.0 Å². The smallest absolute Gasteiger partial charge is 0.273 e. The van der Waals surface area contributed by atoms with E-state index in [1.807, 2.05) is 12.1 Å². The molecule has 0 aliphatic carbocycles. The van der Waals surface area contributed by atoms with Crippen molar-refractivity contribution in [2.75, 3.05) is 12.4 Å². The number of aromatic nitrogens is 2. The average molecular weight is 432 g/mol. The number of carbonyl (C=O) groups excluding carboxylic acids is 1. The lowest BCUT2D eigenvalue weighted by Crippen LogP contribution is -2.18. The summed E-state index contributed by atoms with van der Waals surface area (Å²) in [7, 11) is 1.60. The number of amides is 1. The lowest BCUT2D eigenvalue weighted by Gasteiger charge is -2.14. The van der Waals surface area contributed by atoms with E-state index in [0.29, 0.717) is 28.0 Å². The zero-order chi connectivity index (χ0) is 21.2. The van der Waals surface area contributed by atoms with E-state index in [-0.39, 0.29) is 11.3 Å². The Labute approximate surface area is 180 Å². The number of hydrogen-bond acceptors (Lipinski definition) is 3. The standard InChI is InChI=1S/C22H23Cl2N3O2/c1-22(2,3)20-12-19(21(28)25-16-7-9-17(29-4)10-8-16)27(26-20)13-14-5-6-15(23)11-18(14)24/h5-12H,13H2,1-4H3,(H,25,28). The molecule has 0 aliphatic heterocycles. The fourth-order valence-electron chi connectivity index (χ4n) is 2.77. The van der Waals surface area contributed by atoms with Gasteiger partial charge in [0.15, 0.2) is 0 Å². The Hall–Kier alpha value is -2.50. The van der Waals surface area contributed by atoms with Gasteiger partial charge in [-0.15, -0.1) is 0 Å². The predicted molar refractivity (Wildman–Crippen MR) is 117 cm³/mol. The molecule has 0 saturated carbocycles. The number of ether oxygens (including phenoxy) is 1. The average Bonchev–Trinajstić information content (AvgIpc) is 3.09. The van der Waals surface area contributed by atoms with Crippen molar-refractivity contribution >= 4 is 34.8 Å². The summed E-state index contributed by atoms with van der Waals surface area (Å²) in [4.78, 5) is 13.0. The number of methoxy groups -OCH3 is 1. The molecular weight excluding hydrogens is 409 g/mol.